The molecule has 3 aromatic rings. The number of nitrogens with one attached hydrogen (secondary N) is 5. The highest BCUT2D eigenvalue weighted by Crippen LogP contribution is 2.20. The monoisotopic (exact) mass is 569 g/mol. The SMILES string of the molecule is CCC(C)C(NC(=O)C(Cc1c[nH]c2ccccc12)NC(=O)C(N)Cc1cnc[nH]1)C(=O)NC(CC(=O)O)C(=O)O. The molecule has 5 atom stereocenters. The molecule has 0 saturated heterocycles. The molecule has 2 aromatic heterocycles. The molecule has 1 aromatic carbocycles. The van der Waals surface area contributed by atoms with Crippen molar-refractivity contribution in [2.75, 3.05) is 0 Å². The predicted octanol–water partition coefficient (Wildman–Crippen LogP) is 0.0633. The molecule has 9 N–H and O–H groups in total. The average Bonchev–Trinajstić information content (AvgIpc) is 3.60. The van der Waals surface area contributed by atoms with Crippen LogP contribution in [0.2, 0.25) is 0 Å². The summed E-state index contributed by atoms with van der Waals surface area (Å²) in [5.74, 6) is -5.53. The molecule has 0 aliphatic carbocycles. The number of imidazole rings is 1. The molecule has 14 heteroatoms. The molecule has 2 heterocycles. The van der Waals surface area contributed by atoms with Crippen molar-refractivity contribution in [1.29, 1.82) is 0 Å². The van der Waals surface area contributed by atoms with Gasteiger partial charge in [-0.15, -0.1) is 0 Å². The minimum absolute atomic E-state index is 0.0595. The summed E-state index contributed by atoms with van der Waals surface area (Å²) >= 11 is 0. The van der Waals surface area contributed by atoms with E-state index in [1.165, 1.54) is 12.5 Å². The van der Waals surface area contributed by atoms with E-state index in [0.717, 1.165) is 16.5 Å². The first kappa shape index (κ1) is 30.8. The van der Waals surface area contributed by atoms with E-state index >= 15 is 0 Å². The van der Waals surface area contributed by atoms with Gasteiger partial charge in [0.2, 0.25) is 17.7 Å². The Morgan fingerprint density at radius 2 is 1.66 bits per heavy atom. The Morgan fingerprint density at radius 3 is 2.29 bits per heavy atom. The zero-order valence-electron chi connectivity index (χ0n) is 22.7. The molecule has 220 valence electrons. The van der Waals surface area contributed by atoms with Crippen molar-refractivity contribution in [3.63, 3.8) is 0 Å². The zero-order chi connectivity index (χ0) is 30.1. The quantitative estimate of drug-likeness (QED) is 0.123. The molecule has 3 rings (SSSR count). The van der Waals surface area contributed by atoms with Crippen molar-refractivity contribution < 1.29 is 34.2 Å². The number of carbonyl (C=O) groups excluding carboxylic acids is 3. The van der Waals surface area contributed by atoms with E-state index in [2.05, 4.69) is 30.9 Å². The van der Waals surface area contributed by atoms with Gasteiger partial charge in [0, 0.05) is 41.8 Å². The number of nitrogens with two attached hydrogens (primary N) is 1. The number of aliphatic carboxylic acids is 2. The summed E-state index contributed by atoms with van der Waals surface area (Å²) in [5.41, 5.74) is 8.30. The van der Waals surface area contributed by atoms with Crippen molar-refractivity contribution in [3.05, 3.63) is 54.2 Å². The van der Waals surface area contributed by atoms with Gasteiger partial charge in [0.25, 0.3) is 0 Å². The van der Waals surface area contributed by atoms with Crippen LogP contribution in [0.25, 0.3) is 10.9 Å². The molecule has 0 radical (unpaired) electrons. The van der Waals surface area contributed by atoms with Gasteiger partial charge in [0.05, 0.1) is 18.8 Å². The van der Waals surface area contributed by atoms with E-state index in [-0.39, 0.29) is 12.8 Å². The third-order valence-corrected chi connectivity index (χ3v) is 6.85. The number of aromatic amines is 2. The standard InChI is InChI=1S/C27H35N7O7/c1-3-14(2)23(26(39)33-21(27(40)41)10-22(35)36)34-25(38)20(8-15-11-30-19-7-5-4-6-17(15)19)32-24(37)18(28)9-16-12-29-13-31-16/h4-7,11-14,18,20-21,23,30H,3,8-10,28H2,1-2H3,(H,29,31)(H,32,37)(H,33,39)(H,34,38)(H,35,36)(H,40,41). The molecule has 3 amide bonds. The number of H-pyrrole nitrogens is 2. The molecule has 41 heavy (non-hydrogen) atoms. The first-order chi connectivity index (χ1) is 19.5. The van der Waals surface area contributed by atoms with Gasteiger partial charge in [0.15, 0.2) is 0 Å². The second-order valence-electron chi connectivity index (χ2n) is 9.88. The largest absolute Gasteiger partial charge is 0.481 e. The van der Waals surface area contributed by atoms with Crippen LogP contribution in [0.5, 0.6) is 0 Å². The van der Waals surface area contributed by atoms with E-state index in [1.54, 1.807) is 20.0 Å². The van der Waals surface area contributed by atoms with Crippen molar-refractivity contribution in [2.24, 2.45) is 11.7 Å². The Morgan fingerprint density at radius 1 is 0.951 bits per heavy atom. The Bertz CT molecular complexity index is 1370. The Balaban J connectivity index is 1.84. The molecule has 14 nitrogen and oxygen atoms in total. The second-order valence-corrected chi connectivity index (χ2v) is 9.88. The number of carboxylic acids is 2. The predicted molar refractivity (Wildman–Crippen MR) is 147 cm³/mol. The van der Waals surface area contributed by atoms with Crippen molar-refractivity contribution in [2.45, 2.75) is 63.7 Å². The van der Waals surface area contributed by atoms with E-state index < -0.39 is 66.2 Å². The molecule has 0 aliphatic rings. The zero-order valence-corrected chi connectivity index (χ0v) is 22.7. The van der Waals surface area contributed by atoms with E-state index in [4.69, 9.17) is 10.8 Å². The fraction of sp³-hybridized carbons (Fsp3) is 0.407. The maximum atomic E-state index is 13.6. The highest BCUT2D eigenvalue weighted by Gasteiger charge is 2.33. The first-order valence-corrected chi connectivity index (χ1v) is 13.1. The van der Waals surface area contributed by atoms with Gasteiger partial charge >= 0.3 is 11.9 Å². The van der Waals surface area contributed by atoms with Gasteiger partial charge in [0.1, 0.15) is 18.1 Å². The van der Waals surface area contributed by atoms with Gasteiger partial charge in [-0.1, -0.05) is 38.5 Å². The van der Waals surface area contributed by atoms with Gasteiger partial charge in [-0.2, -0.15) is 0 Å². The molecule has 0 fully saturated rings. The van der Waals surface area contributed by atoms with Crippen LogP contribution in [0.15, 0.2) is 43.0 Å². The van der Waals surface area contributed by atoms with Gasteiger partial charge in [-0.3, -0.25) is 19.2 Å². The number of carbonyl (C=O) groups is 5. The fourth-order valence-electron chi connectivity index (χ4n) is 4.33. The Labute approximate surface area is 235 Å². The van der Waals surface area contributed by atoms with Gasteiger partial charge < -0.3 is 41.9 Å². The van der Waals surface area contributed by atoms with E-state index in [1.807, 2.05) is 24.3 Å². The molecule has 0 bridgehead atoms. The molecular weight excluding hydrogens is 534 g/mol. The first-order valence-electron chi connectivity index (χ1n) is 13.1. The molecule has 0 spiro atoms. The molecule has 0 saturated carbocycles. The highest BCUT2D eigenvalue weighted by atomic mass is 16.4. The van der Waals surface area contributed by atoms with Crippen LogP contribution in [0.3, 0.4) is 0 Å². The summed E-state index contributed by atoms with van der Waals surface area (Å²) in [7, 11) is 0. The second kappa shape index (κ2) is 14.1. The maximum absolute atomic E-state index is 13.6. The average molecular weight is 570 g/mol. The minimum atomic E-state index is -1.69. The third-order valence-electron chi connectivity index (χ3n) is 6.85. The lowest BCUT2D eigenvalue weighted by Gasteiger charge is -2.28. The topological polar surface area (TPSA) is 232 Å². The van der Waals surface area contributed by atoms with Crippen molar-refractivity contribution in [1.82, 2.24) is 30.9 Å². The highest BCUT2D eigenvalue weighted by molar-refractivity contribution is 5.95. The number of aromatic nitrogens is 3. The summed E-state index contributed by atoms with van der Waals surface area (Å²) in [4.78, 5) is 72.3. The normalized spacial score (nSPS) is 14.8. The number of hydrogen-bond donors (Lipinski definition) is 8. The lowest BCUT2D eigenvalue weighted by molar-refractivity contribution is -0.147. The van der Waals surface area contributed by atoms with Crippen LogP contribution in [0.4, 0.5) is 0 Å². The molecule has 5 unspecified atom stereocenters. The van der Waals surface area contributed by atoms with Gasteiger partial charge in [-0.05, 0) is 17.5 Å². The minimum Gasteiger partial charge on any atom is -0.481 e. The van der Waals surface area contributed by atoms with Crippen molar-refractivity contribution in [3.8, 4) is 0 Å². The lowest BCUT2D eigenvalue weighted by atomic mass is 9.96. The molecular formula is C27H35N7O7. The number of rotatable bonds is 15. The molecule has 0 aliphatic heterocycles. The number of nitrogens with zero attached hydrogens (tertiary/aromatic N) is 1. The van der Waals surface area contributed by atoms with E-state index in [9.17, 15) is 29.1 Å². The van der Waals surface area contributed by atoms with Crippen LogP contribution in [-0.4, -0.2) is 79.0 Å². The summed E-state index contributed by atoms with van der Waals surface area (Å²) < 4.78 is 0. The van der Waals surface area contributed by atoms with Crippen LogP contribution in [-0.2, 0) is 36.8 Å². The Kier molecular flexibility index (Phi) is 10.6. The van der Waals surface area contributed by atoms with Crippen LogP contribution < -0.4 is 21.7 Å². The van der Waals surface area contributed by atoms with Crippen LogP contribution in [0, 0.1) is 5.92 Å². The summed E-state index contributed by atoms with van der Waals surface area (Å²) in [6.45, 7) is 3.47. The number of fused-ring (bicyclic) bond motifs is 1. The van der Waals surface area contributed by atoms with Crippen LogP contribution in [0.1, 0.15) is 37.9 Å². The number of amides is 3. The van der Waals surface area contributed by atoms with E-state index in [0.29, 0.717) is 12.1 Å². The Hall–Kier alpha value is -4.72. The number of para-hydroxylation sites is 1. The smallest absolute Gasteiger partial charge is 0.326 e. The number of hydrogen-bond acceptors (Lipinski definition) is 7. The van der Waals surface area contributed by atoms with Gasteiger partial charge in [-0.25, -0.2) is 9.78 Å². The third kappa shape index (κ3) is 8.38. The summed E-state index contributed by atoms with van der Waals surface area (Å²) in [6.07, 6.45) is 4.52. The summed E-state index contributed by atoms with van der Waals surface area (Å²) in [5, 5.41) is 26.8. The number of carboxylic acid groups (broad SMARTS) is 2. The lowest BCUT2D eigenvalue weighted by Crippen LogP contribution is -2.59. The van der Waals surface area contributed by atoms with Crippen molar-refractivity contribution >= 4 is 40.6 Å². The maximum Gasteiger partial charge on any atom is 0.326 e. The fourth-order valence-corrected chi connectivity index (χ4v) is 4.33. The summed E-state index contributed by atoms with van der Waals surface area (Å²) in [6, 6.07) is 2.38. The van der Waals surface area contributed by atoms with Crippen LogP contribution >= 0.6 is 0 Å². The number of benzene rings is 1.